The van der Waals surface area contributed by atoms with Crippen LogP contribution in [0, 0.1) is 5.82 Å². The van der Waals surface area contributed by atoms with Crippen molar-refractivity contribution in [2.24, 2.45) is 0 Å². The molecule has 0 saturated carbocycles. The van der Waals surface area contributed by atoms with E-state index in [2.05, 4.69) is 5.32 Å². The summed E-state index contributed by atoms with van der Waals surface area (Å²) >= 11 is 0. The minimum absolute atomic E-state index is 0.213. The van der Waals surface area contributed by atoms with Crippen LogP contribution in [0.1, 0.15) is 12.8 Å². The van der Waals surface area contributed by atoms with Crippen LogP contribution in [0.3, 0.4) is 0 Å². The number of nitrogens with one attached hydrogen (secondary N) is 1. The number of urea groups is 1. The van der Waals surface area contributed by atoms with Gasteiger partial charge in [-0.15, -0.1) is 0 Å². The van der Waals surface area contributed by atoms with E-state index in [-0.39, 0.29) is 6.03 Å². The predicted octanol–water partition coefficient (Wildman–Crippen LogP) is 2.04. The standard InChI is InChI=1S/C11H14FN3O/c12-8-3-4-9(13)10(7-8)14-11(16)15-5-1-2-6-15/h3-4,7H,1-2,5-6,13H2,(H,14,16). The molecule has 1 aliphatic heterocycles. The van der Waals surface area contributed by atoms with Crippen LogP contribution >= 0.6 is 0 Å². The van der Waals surface area contributed by atoms with Crippen molar-refractivity contribution in [1.82, 2.24) is 4.90 Å². The quantitative estimate of drug-likeness (QED) is 0.716. The molecule has 0 radical (unpaired) electrons. The second kappa shape index (κ2) is 4.38. The summed E-state index contributed by atoms with van der Waals surface area (Å²) < 4.78 is 13.0. The van der Waals surface area contributed by atoms with Gasteiger partial charge < -0.3 is 16.0 Å². The lowest BCUT2D eigenvalue weighted by Crippen LogP contribution is -2.32. The van der Waals surface area contributed by atoms with Gasteiger partial charge in [0.05, 0.1) is 11.4 Å². The number of nitrogens with zero attached hydrogens (tertiary/aromatic N) is 1. The Kier molecular flexibility index (Phi) is 2.94. The van der Waals surface area contributed by atoms with Crippen LogP contribution in [0.2, 0.25) is 0 Å². The Morgan fingerprint density at radius 2 is 2.06 bits per heavy atom. The van der Waals surface area contributed by atoms with Gasteiger partial charge in [-0.1, -0.05) is 0 Å². The molecule has 0 aliphatic carbocycles. The molecule has 0 aromatic heterocycles. The van der Waals surface area contributed by atoms with Crippen molar-refractivity contribution in [1.29, 1.82) is 0 Å². The van der Waals surface area contributed by atoms with Gasteiger partial charge in [0.15, 0.2) is 0 Å². The molecular formula is C11H14FN3O. The SMILES string of the molecule is Nc1ccc(F)cc1NC(=O)N1CCCC1. The summed E-state index contributed by atoms with van der Waals surface area (Å²) in [6.07, 6.45) is 2.04. The summed E-state index contributed by atoms with van der Waals surface area (Å²) in [4.78, 5) is 13.4. The van der Waals surface area contributed by atoms with Crippen LogP contribution in [-0.2, 0) is 0 Å². The maximum absolute atomic E-state index is 13.0. The van der Waals surface area contributed by atoms with Gasteiger partial charge in [-0.05, 0) is 31.0 Å². The van der Waals surface area contributed by atoms with Crippen molar-refractivity contribution in [3.8, 4) is 0 Å². The molecule has 1 aromatic carbocycles. The first-order chi connectivity index (χ1) is 7.66. The van der Waals surface area contributed by atoms with Crippen molar-refractivity contribution in [2.75, 3.05) is 24.1 Å². The molecule has 1 aliphatic rings. The molecule has 2 amide bonds. The van der Waals surface area contributed by atoms with Crippen molar-refractivity contribution in [3.05, 3.63) is 24.0 Å². The lowest BCUT2D eigenvalue weighted by atomic mass is 10.2. The monoisotopic (exact) mass is 223 g/mol. The van der Waals surface area contributed by atoms with Crippen LogP contribution in [0.15, 0.2) is 18.2 Å². The molecule has 0 spiro atoms. The van der Waals surface area contributed by atoms with Crippen LogP contribution in [-0.4, -0.2) is 24.0 Å². The Balaban J connectivity index is 2.07. The maximum Gasteiger partial charge on any atom is 0.321 e. The van der Waals surface area contributed by atoms with Gasteiger partial charge in [0.2, 0.25) is 0 Å². The fourth-order valence-electron chi connectivity index (χ4n) is 1.75. The summed E-state index contributed by atoms with van der Waals surface area (Å²) in [6, 6.07) is 3.72. The summed E-state index contributed by atoms with van der Waals surface area (Å²) in [7, 11) is 0. The van der Waals surface area contributed by atoms with E-state index in [1.54, 1.807) is 4.90 Å². The highest BCUT2D eigenvalue weighted by atomic mass is 19.1. The summed E-state index contributed by atoms with van der Waals surface area (Å²) in [5.41, 5.74) is 6.34. The zero-order valence-electron chi connectivity index (χ0n) is 8.87. The molecule has 0 unspecified atom stereocenters. The fraction of sp³-hybridized carbons (Fsp3) is 0.364. The lowest BCUT2D eigenvalue weighted by Gasteiger charge is -2.17. The fourth-order valence-corrected chi connectivity index (χ4v) is 1.75. The Morgan fingerprint density at radius 1 is 1.38 bits per heavy atom. The first-order valence-electron chi connectivity index (χ1n) is 5.28. The van der Waals surface area contributed by atoms with E-state index >= 15 is 0 Å². The minimum Gasteiger partial charge on any atom is -0.397 e. The molecule has 3 N–H and O–H groups in total. The average molecular weight is 223 g/mol. The third-order valence-corrected chi connectivity index (χ3v) is 2.65. The second-order valence-electron chi connectivity index (χ2n) is 3.86. The van der Waals surface area contributed by atoms with Crippen molar-refractivity contribution in [2.45, 2.75) is 12.8 Å². The first-order valence-corrected chi connectivity index (χ1v) is 5.28. The van der Waals surface area contributed by atoms with Gasteiger partial charge in [-0.3, -0.25) is 0 Å². The Bertz CT molecular complexity index is 402. The van der Waals surface area contributed by atoms with E-state index in [0.29, 0.717) is 11.4 Å². The van der Waals surface area contributed by atoms with E-state index < -0.39 is 5.82 Å². The van der Waals surface area contributed by atoms with Crippen molar-refractivity contribution in [3.63, 3.8) is 0 Å². The van der Waals surface area contributed by atoms with Crippen LogP contribution in [0.4, 0.5) is 20.6 Å². The zero-order valence-corrected chi connectivity index (χ0v) is 8.87. The zero-order chi connectivity index (χ0) is 11.5. The Labute approximate surface area is 93.2 Å². The molecule has 16 heavy (non-hydrogen) atoms. The normalized spacial score (nSPS) is 15.2. The largest absolute Gasteiger partial charge is 0.397 e. The molecule has 0 bridgehead atoms. The number of hydrogen-bond donors (Lipinski definition) is 2. The lowest BCUT2D eigenvalue weighted by molar-refractivity contribution is 0.222. The number of likely N-dealkylation sites (tertiary alicyclic amines) is 1. The topological polar surface area (TPSA) is 58.4 Å². The van der Waals surface area contributed by atoms with Crippen LogP contribution in [0.25, 0.3) is 0 Å². The van der Waals surface area contributed by atoms with Gasteiger partial charge in [0.25, 0.3) is 0 Å². The molecule has 1 fully saturated rings. The molecular weight excluding hydrogens is 209 g/mol. The number of carbonyl (C=O) groups excluding carboxylic acids is 1. The number of hydrogen-bond acceptors (Lipinski definition) is 2. The van der Waals surface area contributed by atoms with E-state index in [1.807, 2.05) is 0 Å². The number of rotatable bonds is 1. The van der Waals surface area contributed by atoms with Gasteiger partial charge in [-0.2, -0.15) is 0 Å². The van der Waals surface area contributed by atoms with E-state index in [4.69, 9.17) is 5.73 Å². The van der Waals surface area contributed by atoms with Crippen molar-refractivity contribution < 1.29 is 9.18 Å². The smallest absolute Gasteiger partial charge is 0.321 e. The highest BCUT2D eigenvalue weighted by molar-refractivity contribution is 5.92. The Hall–Kier alpha value is -1.78. The predicted molar refractivity (Wildman–Crippen MR) is 60.6 cm³/mol. The molecule has 86 valence electrons. The van der Waals surface area contributed by atoms with E-state index in [1.165, 1.54) is 18.2 Å². The number of amides is 2. The third-order valence-electron chi connectivity index (χ3n) is 2.65. The second-order valence-corrected chi connectivity index (χ2v) is 3.86. The molecule has 2 rings (SSSR count). The molecule has 1 saturated heterocycles. The summed E-state index contributed by atoms with van der Waals surface area (Å²) in [5.74, 6) is -0.411. The molecule has 1 aromatic rings. The number of anilines is 2. The number of nitrogens with two attached hydrogens (primary N) is 1. The number of halogens is 1. The van der Waals surface area contributed by atoms with E-state index in [9.17, 15) is 9.18 Å². The highest BCUT2D eigenvalue weighted by Gasteiger charge is 2.18. The third kappa shape index (κ3) is 2.24. The first kappa shape index (κ1) is 10.7. The Morgan fingerprint density at radius 3 is 2.75 bits per heavy atom. The van der Waals surface area contributed by atoms with Gasteiger partial charge >= 0.3 is 6.03 Å². The van der Waals surface area contributed by atoms with Crippen LogP contribution in [0.5, 0.6) is 0 Å². The van der Waals surface area contributed by atoms with Crippen molar-refractivity contribution >= 4 is 17.4 Å². The summed E-state index contributed by atoms with van der Waals surface area (Å²) in [6.45, 7) is 1.50. The molecule has 1 heterocycles. The molecule has 4 nitrogen and oxygen atoms in total. The van der Waals surface area contributed by atoms with Gasteiger partial charge in [-0.25, -0.2) is 9.18 Å². The minimum atomic E-state index is -0.411. The van der Waals surface area contributed by atoms with E-state index in [0.717, 1.165) is 25.9 Å². The maximum atomic E-state index is 13.0. The summed E-state index contributed by atoms with van der Waals surface area (Å²) in [5, 5.41) is 2.61. The molecule has 0 atom stereocenters. The van der Waals surface area contributed by atoms with Crippen LogP contribution < -0.4 is 11.1 Å². The van der Waals surface area contributed by atoms with Gasteiger partial charge in [0, 0.05) is 13.1 Å². The number of nitrogen functional groups attached to an aromatic ring is 1. The molecule has 5 heteroatoms. The average Bonchev–Trinajstić information content (AvgIpc) is 2.76. The van der Waals surface area contributed by atoms with Gasteiger partial charge in [0.1, 0.15) is 5.82 Å². The number of carbonyl (C=O) groups is 1. The number of benzene rings is 1. The highest BCUT2D eigenvalue weighted by Crippen LogP contribution is 2.20.